The molecule has 3 nitrogen and oxygen atoms in total. The lowest BCUT2D eigenvalue weighted by Gasteiger charge is -2.16. The van der Waals surface area contributed by atoms with Gasteiger partial charge in [-0.3, -0.25) is 0 Å². The van der Waals surface area contributed by atoms with Crippen LogP contribution in [-0.2, 0) is 9.53 Å². The van der Waals surface area contributed by atoms with Crippen molar-refractivity contribution < 1.29 is 13.9 Å². The number of esters is 1. The molecule has 0 bridgehead atoms. The lowest BCUT2D eigenvalue weighted by molar-refractivity contribution is -0.141. The number of carbonyl (C=O) groups excluding carboxylic acids is 1. The SMILES string of the molecule is CCC(Nc1cc(Cl)c(F)c(Cl)c1)C(=O)OC. The maximum absolute atomic E-state index is 13.2. The van der Waals surface area contributed by atoms with Crippen LogP contribution in [0.2, 0.25) is 10.0 Å². The molecule has 0 aromatic heterocycles. The molecule has 1 rings (SSSR count). The van der Waals surface area contributed by atoms with E-state index in [-0.39, 0.29) is 10.0 Å². The van der Waals surface area contributed by atoms with E-state index in [1.54, 1.807) is 0 Å². The molecule has 0 heterocycles. The van der Waals surface area contributed by atoms with Gasteiger partial charge in [0.05, 0.1) is 17.2 Å². The summed E-state index contributed by atoms with van der Waals surface area (Å²) in [5.41, 5.74) is 0.471. The molecular weight excluding hydrogens is 268 g/mol. The zero-order chi connectivity index (χ0) is 13.0. The summed E-state index contributed by atoms with van der Waals surface area (Å²) in [6.07, 6.45) is 0.527. The van der Waals surface area contributed by atoms with Gasteiger partial charge in [-0.25, -0.2) is 9.18 Å². The summed E-state index contributed by atoms with van der Waals surface area (Å²) in [7, 11) is 1.30. The summed E-state index contributed by atoms with van der Waals surface area (Å²) in [6.45, 7) is 1.82. The summed E-state index contributed by atoms with van der Waals surface area (Å²) in [4.78, 5) is 11.4. The van der Waals surface area contributed by atoms with E-state index in [1.165, 1.54) is 19.2 Å². The van der Waals surface area contributed by atoms with Gasteiger partial charge in [0.2, 0.25) is 0 Å². The maximum atomic E-state index is 13.2. The van der Waals surface area contributed by atoms with Crippen LogP contribution in [-0.4, -0.2) is 19.1 Å². The molecule has 0 spiro atoms. The van der Waals surface area contributed by atoms with E-state index in [1.807, 2.05) is 6.92 Å². The molecule has 1 N–H and O–H groups in total. The summed E-state index contributed by atoms with van der Waals surface area (Å²) in [5.74, 6) is -1.07. The van der Waals surface area contributed by atoms with E-state index in [0.717, 1.165) is 0 Å². The number of halogens is 3. The molecule has 1 aromatic rings. The second-order valence-electron chi connectivity index (χ2n) is 3.38. The van der Waals surface area contributed by atoms with Gasteiger partial charge in [-0.15, -0.1) is 0 Å². The highest BCUT2D eigenvalue weighted by Crippen LogP contribution is 2.27. The fourth-order valence-electron chi connectivity index (χ4n) is 1.31. The Kier molecular flexibility index (Phi) is 5.02. The highest BCUT2D eigenvalue weighted by molar-refractivity contribution is 6.35. The third-order valence-corrected chi connectivity index (χ3v) is 2.77. The van der Waals surface area contributed by atoms with Gasteiger partial charge in [0, 0.05) is 5.69 Å². The van der Waals surface area contributed by atoms with Gasteiger partial charge >= 0.3 is 5.97 Å². The summed E-state index contributed by atoms with van der Waals surface area (Å²) < 4.78 is 17.8. The van der Waals surface area contributed by atoms with E-state index in [4.69, 9.17) is 23.2 Å². The fraction of sp³-hybridized carbons (Fsp3) is 0.364. The van der Waals surface area contributed by atoms with Crippen LogP contribution in [0.25, 0.3) is 0 Å². The van der Waals surface area contributed by atoms with Crippen molar-refractivity contribution in [3.8, 4) is 0 Å². The predicted octanol–water partition coefficient (Wildman–Crippen LogP) is 3.50. The van der Waals surface area contributed by atoms with Crippen LogP contribution < -0.4 is 5.32 Å². The highest BCUT2D eigenvalue weighted by atomic mass is 35.5. The average Bonchev–Trinajstić information content (AvgIpc) is 2.31. The molecule has 17 heavy (non-hydrogen) atoms. The Morgan fingerprint density at radius 1 is 1.47 bits per heavy atom. The molecule has 0 aliphatic rings. The first-order valence-corrected chi connectivity index (χ1v) is 5.74. The fourth-order valence-corrected chi connectivity index (χ4v) is 1.80. The number of hydrogen-bond acceptors (Lipinski definition) is 3. The van der Waals surface area contributed by atoms with Crippen LogP contribution in [0, 0.1) is 5.82 Å². The number of carbonyl (C=O) groups is 1. The molecule has 6 heteroatoms. The van der Waals surface area contributed by atoms with E-state index >= 15 is 0 Å². The summed E-state index contributed by atoms with van der Waals surface area (Å²) in [6, 6.07) is 2.22. The Morgan fingerprint density at radius 2 is 2.00 bits per heavy atom. The topological polar surface area (TPSA) is 38.3 Å². The van der Waals surface area contributed by atoms with Crippen LogP contribution in [0.3, 0.4) is 0 Å². The second-order valence-corrected chi connectivity index (χ2v) is 4.20. The van der Waals surface area contributed by atoms with Crippen molar-refractivity contribution in [3.63, 3.8) is 0 Å². The quantitative estimate of drug-likeness (QED) is 0.677. The van der Waals surface area contributed by atoms with Crippen molar-refractivity contribution in [2.24, 2.45) is 0 Å². The second kappa shape index (κ2) is 6.07. The molecule has 1 atom stereocenters. The van der Waals surface area contributed by atoms with Crippen molar-refractivity contribution in [1.82, 2.24) is 0 Å². The minimum absolute atomic E-state index is 0.0975. The number of nitrogens with one attached hydrogen (secondary N) is 1. The number of rotatable bonds is 4. The monoisotopic (exact) mass is 279 g/mol. The highest BCUT2D eigenvalue weighted by Gasteiger charge is 2.17. The number of methoxy groups -OCH3 is 1. The standard InChI is InChI=1S/C11H12Cl2FNO2/c1-3-9(11(16)17-2)15-6-4-7(12)10(14)8(13)5-6/h4-5,9,15H,3H2,1-2H3. The lowest BCUT2D eigenvalue weighted by atomic mass is 10.2. The van der Waals surface area contributed by atoms with Gasteiger partial charge in [0.25, 0.3) is 0 Å². The molecule has 1 aromatic carbocycles. The van der Waals surface area contributed by atoms with E-state index in [9.17, 15) is 9.18 Å². The van der Waals surface area contributed by atoms with Gasteiger partial charge in [-0.1, -0.05) is 30.1 Å². The minimum Gasteiger partial charge on any atom is -0.467 e. The predicted molar refractivity (Wildman–Crippen MR) is 66.1 cm³/mol. The number of hydrogen-bond donors (Lipinski definition) is 1. The zero-order valence-electron chi connectivity index (χ0n) is 9.39. The van der Waals surface area contributed by atoms with Crippen LogP contribution >= 0.6 is 23.2 Å². The first-order valence-electron chi connectivity index (χ1n) is 4.98. The molecule has 0 radical (unpaired) electrons. The van der Waals surface area contributed by atoms with Crippen molar-refractivity contribution >= 4 is 34.9 Å². The lowest BCUT2D eigenvalue weighted by Crippen LogP contribution is -2.29. The smallest absolute Gasteiger partial charge is 0.328 e. The normalized spacial score (nSPS) is 12.1. The number of ether oxygens (including phenoxy) is 1. The minimum atomic E-state index is -0.676. The Bertz CT molecular complexity index is 403. The molecule has 1 unspecified atom stereocenters. The van der Waals surface area contributed by atoms with Gasteiger partial charge in [0.15, 0.2) is 5.82 Å². The molecular formula is C11H12Cl2FNO2. The molecule has 0 saturated heterocycles. The van der Waals surface area contributed by atoms with Crippen LogP contribution in [0.5, 0.6) is 0 Å². The largest absolute Gasteiger partial charge is 0.467 e. The van der Waals surface area contributed by atoms with Crippen molar-refractivity contribution in [3.05, 3.63) is 28.0 Å². The zero-order valence-corrected chi connectivity index (χ0v) is 10.9. The molecule has 0 saturated carbocycles. The third kappa shape index (κ3) is 3.48. The van der Waals surface area contributed by atoms with Gasteiger partial charge in [-0.2, -0.15) is 0 Å². The van der Waals surface area contributed by atoms with Gasteiger partial charge in [-0.05, 0) is 18.6 Å². The van der Waals surface area contributed by atoms with Crippen molar-refractivity contribution in [1.29, 1.82) is 0 Å². The van der Waals surface area contributed by atoms with Crippen molar-refractivity contribution in [2.45, 2.75) is 19.4 Å². The maximum Gasteiger partial charge on any atom is 0.328 e. The van der Waals surface area contributed by atoms with Crippen LogP contribution in [0.15, 0.2) is 12.1 Å². The Balaban J connectivity index is 2.91. The Labute approximate surface area is 109 Å². The summed E-state index contributed by atoms with van der Waals surface area (Å²) >= 11 is 11.3. The summed E-state index contributed by atoms with van der Waals surface area (Å²) in [5, 5.41) is 2.68. The molecule has 0 aliphatic heterocycles. The van der Waals surface area contributed by atoms with Crippen LogP contribution in [0.1, 0.15) is 13.3 Å². The van der Waals surface area contributed by atoms with Crippen LogP contribution in [0.4, 0.5) is 10.1 Å². The first kappa shape index (κ1) is 14.1. The van der Waals surface area contributed by atoms with E-state index in [2.05, 4.69) is 10.1 Å². The van der Waals surface area contributed by atoms with E-state index < -0.39 is 17.8 Å². The molecule has 0 amide bonds. The Hall–Kier alpha value is -1.00. The first-order chi connectivity index (χ1) is 7.99. The van der Waals surface area contributed by atoms with Crippen molar-refractivity contribution in [2.75, 3.05) is 12.4 Å². The third-order valence-electron chi connectivity index (χ3n) is 2.22. The van der Waals surface area contributed by atoms with Gasteiger partial charge in [0.1, 0.15) is 6.04 Å². The number of anilines is 1. The number of benzene rings is 1. The average molecular weight is 280 g/mol. The molecule has 0 aliphatic carbocycles. The Morgan fingerprint density at radius 3 is 2.41 bits per heavy atom. The van der Waals surface area contributed by atoms with Gasteiger partial charge < -0.3 is 10.1 Å². The molecule has 94 valence electrons. The van der Waals surface area contributed by atoms with E-state index in [0.29, 0.717) is 12.1 Å². The molecule has 0 fully saturated rings.